The van der Waals surface area contributed by atoms with Crippen molar-refractivity contribution in [1.29, 1.82) is 0 Å². The molecule has 5 nitrogen and oxygen atoms in total. The van der Waals surface area contributed by atoms with E-state index >= 15 is 0 Å². The number of para-hydroxylation sites is 1. The van der Waals surface area contributed by atoms with E-state index in [1.807, 2.05) is 56.0 Å². The highest BCUT2D eigenvalue weighted by Gasteiger charge is 2.29. The number of hydrogen-bond donors (Lipinski definition) is 1. The molecule has 1 aliphatic rings. The van der Waals surface area contributed by atoms with Crippen LogP contribution in [0.2, 0.25) is 0 Å². The second-order valence-electron chi connectivity index (χ2n) is 6.68. The molecule has 22 heavy (non-hydrogen) atoms. The van der Waals surface area contributed by atoms with Gasteiger partial charge in [0.15, 0.2) is 0 Å². The molecule has 120 valence electrons. The molecule has 1 fully saturated rings. The molecule has 3 amide bonds. The number of nitrogens with zero attached hydrogens (tertiary/aromatic N) is 2. The molecule has 0 radical (unpaired) electrons. The Morgan fingerprint density at radius 2 is 1.55 bits per heavy atom. The van der Waals surface area contributed by atoms with Crippen molar-refractivity contribution in [3.63, 3.8) is 0 Å². The van der Waals surface area contributed by atoms with E-state index in [4.69, 9.17) is 0 Å². The lowest BCUT2D eigenvalue weighted by atomic mass is 9.94. The summed E-state index contributed by atoms with van der Waals surface area (Å²) in [7, 11) is 0. The monoisotopic (exact) mass is 303 g/mol. The number of anilines is 1. The van der Waals surface area contributed by atoms with Gasteiger partial charge < -0.3 is 15.1 Å². The highest BCUT2D eigenvalue weighted by atomic mass is 16.2. The Labute approximate surface area is 132 Å². The van der Waals surface area contributed by atoms with Crippen molar-refractivity contribution in [1.82, 2.24) is 9.80 Å². The van der Waals surface area contributed by atoms with Crippen LogP contribution in [-0.2, 0) is 4.79 Å². The first-order valence-corrected chi connectivity index (χ1v) is 7.78. The van der Waals surface area contributed by atoms with Crippen molar-refractivity contribution in [2.45, 2.75) is 27.2 Å². The Morgan fingerprint density at radius 3 is 2.18 bits per heavy atom. The van der Waals surface area contributed by atoms with Crippen molar-refractivity contribution in [3.05, 3.63) is 30.3 Å². The molecular weight excluding hydrogens is 278 g/mol. The minimum absolute atomic E-state index is 0.101. The number of urea groups is 1. The summed E-state index contributed by atoms with van der Waals surface area (Å²) in [4.78, 5) is 28.3. The highest BCUT2D eigenvalue weighted by Crippen LogP contribution is 2.19. The van der Waals surface area contributed by atoms with Crippen LogP contribution in [0.3, 0.4) is 0 Å². The molecular formula is C17H25N3O2. The van der Waals surface area contributed by atoms with E-state index < -0.39 is 0 Å². The molecule has 1 saturated heterocycles. The van der Waals surface area contributed by atoms with Crippen molar-refractivity contribution < 1.29 is 9.59 Å². The minimum atomic E-state index is -0.374. The molecule has 0 unspecified atom stereocenters. The Balaban J connectivity index is 1.93. The maximum absolute atomic E-state index is 12.3. The van der Waals surface area contributed by atoms with E-state index in [1.54, 1.807) is 4.90 Å². The van der Waals surface area contributed by atoms with Crippen LogP contribution < -0.4 is 5.32 Å². The van der Waals surface area contributed by atoms with Crippen molar-refractivity contribution >= 4 is 17.6 Å². The van der Waals surface area contributed by atoms with Crippen LogP contribution in [0.1, 0.15) is 27.2 Å². The number of nitrogens with one attached hydrogen (secondary N) is 1. The summed E-state index contributed by atoms with van der Waals surface area (Å²) >= 11 is 0. The van der Waals surface area contributed by atoms with Gasteiger partial charge in [0, 0.05) is 37.3 Å². The van der Waals surface area contributed by atoms with Gasteiger partial charge in [0.05, 0.1) is 0 Å². The molecule has 0 aliphatic carbocycles. The van der Waals surface area contributed by atoms with Crippen molar-refractivity contribution in [2.75, 3.05) is 31.5 Å². The quantitative estimate of drug-likeness (QED) is 0.867. The molecule has 0 bridgehead atoms. The Kier molecular flexibility index (Phi) is 5.06. The standard InChI is InChI=1S/C17H25N3O2/c1-17(2,3)15(21)19-10-7-11-20(13-12-19)16(22)18-14-8-5-4-6-9-14/h4-6,8-9H,7,10-13H2,1-3H3,(H,18,22). The van der Waals surface area contributed by atoms with E-state index in [1.165, 1.54) is 0 Å². The number of benzene rings is 1. The van der Waals surface area contributed by atoms with Gasteiger partial charge in [-0.3, -0.25) is 4.79 Å². The summed E-state index contributed by atoms with van der Waals surface area (Å²) in [6.45, 7) is 8.34. The van der Waals surface area contributed by atoms with Gasteiger partial charge >= 0.3 is 6.03 Å². The van der Waals surface area contributed by atoms with Crippen LogP contribution in [0, 0.1) is 5.41 Å². The normalized spacial score (nSPS) is 16.1. The summed E-state index contributed by atoms with van der Waals surface area (Å²) in [5.41, 5.74) is 0.418. The lowest BCUT2D eigenvalue weighted by Gasteiger charge is -2.28. The van der Waals surface area contributed by atoms with E-state index in [0.717, 1.165) is 12.1 Å². The smallest absolute Gasteiger partial charge is 0.321 e. The predicted molar refractivity (Wildman–Crippen MR) is 87.7 cm³/mol. The van der Waals surface area contributed by atoms with Crippen LogP contribution in [0.5, 0.6) is 0 Å². The lowest BCUT2D eigenvalue weighted by Crippen LogP contribution is -2.42. The number of rotatable bonds is 1. The van der Waals surface area contributed by atoms with Crippen LogP contribution in [0.4, 0.5) is 10.5 Å². The van der Waals surface area contributed by atoms with Crippen LogP contribution >= 0.6 is 0 Å². The maximum atomic E-state index is 12.3. The third-order valence-corrected chi connectivity index (χ3v) is 3.74. The van der Waals surface area contributed by atoms with Crippen LogP contribution in [-0.4, -0.2) is 47.9 Å². The van der Waals surface area contributed by atoms with Crippen molar-refractivity contribution in [2.24, 2.45) is 5.41 Å². The minimum Gasteiger partial charge on any atom is -0.340 e. The SMILES string of the molecule is CC(C)(C)C(=O)N1CCCN(C(=O)Nc2ccccc2)CC1. The molecule has 1 aromatic carbocycles. The molecule has 5 heteroatoms. The fraction of sp³-hybridized carbons (Fsp3) is 0.529. The zero-order valence-electron chi connectivity index (χ0n) is 13.6. The Morgan fingerprint density at radius 1 is 0.955 bits per heavy atom. The average molecular weight is 303 g/mol. The number of carbonyl (C=O) groups excluding carboxylic acids is 2. The number of hydrogen-bond acceptors (Lipinski definition) is 2. The average Bonchev–Trinajstić information content (AvgIpc) is 2.72. The van der Waals surface area contributed by atoms with Crippen LogP contribution in [0.15, 0.2) is 30.3 Å². The molecule has 1 aromatic rings. The summed E-state index contributed by atoms with van der Waals surface area (Å²) in [6.07, 6.45) is 0.810. The Hall–Kier alpha value is -2.04. The summed E-state index contributed by atoms with van der Waals surface area (Å²) in [5, 5.41) is 2.90. The molecule has 1 N–H and O–H groups in total. The number of carbonyl (C=O) groups is 2. The van der Waals surface area contributed by atoms with Gasteiger partial charge in [0.1, 0.15) is 0 Å². The third-order valence-electron chi connectivity index (χ3n) is 3.74. The van der Waals surface area contributed by atoms with Crippen LogP contribution in [0.25, 0.3) is 0 Å². The van der Waals surface area contributed by atoms with Gasteiger partial charge in [-0.2, -0.15) is 0 Å². The predicted octanol–water partition coefficient (Wildman–Crippen LogP) is 2.80. The third kappa shape index (κ3) is 4.23. The van der Waals surface area contributed by atoms with E-state index in [0.29, 0.717) is 26.2 Å². The van der Waals surface area contributed by atoms with Gasteiger partial charge in [0.25, 0.3) is 0 Å². The summed E-state index contributed by atoms with van der Waals surface area (Å²) in [5.74, 6) is 0.151. The first kappa shape index (κ1) is 16.3. The first-order valence-electron chi connectivity index (χ1n) is 7.78. The van der Waals surface area contributed by atoms with Gasteiger partial charge in [-0.25, -0.2) is 4.79 Å². The summed E-state index contributed by atoms with van der Waals surface area (Å²) < 4.78 is 0. The molecule has 1 aliphatic heterocycles. The Bertz CT molecular complexity index is 522. The van der Waals surface area contributed by atoms with Crippen molar-refractivity contribution in [3.8, 4) is 0 Å². The number of amides is 3. The first-order chi connectivity index (χ1) is 10.4. The molecule has 2 rings (SSSR count). The van der Waals surface area contributed by atoms with Gasteiger partial charge in [-0.1, -0.05) is 39.0 Å². The fourth-order valence-corrected chi connectivity index (χ4v) is 2.52. The van der Waals surface area contributed by atoms with Gasteiger partial charge in [0.2, 0.25) is 5.91 Å². The molecule has 0 saturated carbocycles. The topological polar surface area (TPSA) is 52.7 Å². The second kappa shape index (κ2) is 6.81. The maximum Gasteiger partial charge on any atom is 0.321 e. The highest BCUT2D eigenvalue weighted by molar-refractivity contribution is 5.89. The second-order valence-corrected chi connectivity index (χ2v) is 6.68. The zero-order chi connectivity index (χ0) is 16.2. The zero-order valence-corrected chi connectivity index (χ0v) is 13.6. The molecule has 1 heterocycles. The summed E-state index contributed by atoms with van der Waals surface area (Å²) in [6, 6.07) is 9.33. The van der Waals surface area contributed by atoms with E-state index in [9.17, 15) is 9.59 Å². The fourth-order valence-electron chi connectivity index (χ4n) is 2.52. The van der Waals surface area contributed by atoms with E-state index in [2.05, 4.69) is 5.32 Å². The van der Waals surface area contributed by atoms with Gasteiger partial charge in [-0.15, -0.1) is 0 Å². The molecule has 0 atom stereocenters. The molecule has 0 spiro atoms. The lowest BCUT2D eigenvalue weighted by molar-refractivity contribution is -0.139. The van der Waals surface area contributed by atoms with E-state index in [-0.39, 0.29) is 17.4 Å². The molecule has 0 aromatic heterocycles. The van der Waals surface area contributed by atoms with Gasteiger partial charge in [-0.05, 0) is 18.6 Å². The largest absolute Gasteiger partial charge is 0.340 e.